The Balaban J connectivity index is 1.58. The molecule has 2 N–H and O–H groups in total. The summed E-state index contributed by atoms with van der Waals surface area (Å²) in [5, 5.41) is 6.56. The average molecular weight is 371 g/mol. The van der Waals surface area contributed by atoms with Gasteiger partial charge in [-0.1, -0.05) is 25.1 Å². The van der Waals surface area contributed by atoms with E-state index in [4.69, 9.17) is 0 Å². The molecule has 2 amide bonds. The van der Waals surface area contributed by atoms with Crippen molar-refractivity contribution < 1.29 is 9.59 Å². The second-order valence-electron chi connectivity index (χ2n) is 6.94. The lowest BCUT2D eigenvalue weighted by Gasteiger charge is -2.19. The topological polar surface area (TPSA) is 77.0 Å². The van der Waals surface area contributed by atoms with Crippen molar-refractivity contribution in [2.24, 2.45) is 4.99 Å². The number of fused-ring (bicyclic) bond motifs is 1. The normalized spacial score (nSPS) is 19.2. The summed E-state index contributed by atoms with van der Waals surface area (Å²) in [6.45, 7) is 6.88. The summed E-state index contributed by atoms with van der Waals surface area (Å²) in [5.74, 6) is 0.824. The molecule has 146 valence electrons. The number of anilines is 1. The maximum absolute atomic E-state index is 12.6. The largest absolute Gasteiger partial charge is 0.357 e. The third-order valence-electron chi connectivity index (χ3n) is 5.09. The van der Waals surface area contributed by atoms with Gasteiger partial charge in [-0.25, -0.2) is 4.99 Å². The van der Waals surface area contributed by atoms with Gasteiger partial charge >= 0.3 is 0 Å². The molecular formula is C20H29N5O2. The number of carbonyl (C=O) groups excluding carboxylic acids is 2. The van der Waals surface area contributed by atoms with Crippen LogP contribution in [-0.4, -0.2) is 61.4 Å². The number of hydrogen-bond acceptors (Lipinski definition) is 3. The lowest BCUT2D eigenvalue weighted by molar-refractivity contribution is -0.129. The SMILES string of the molecule is CCNC(=NCC(=O)N1CCc2ccccc21)NC1CCN(C(=O)CC)C1. The smallest absolute Gasteiger partial charge is 0.248 e. The Bertz CT molecular complexity index is 718. The molecule has 0 radical (unpaired) electrons. The Labute approximate surface area is 160 Å². The number of likely N-dealkylation sites (tertiary alicyclic amines) is 1. The van der Waals surface area contributed by atoms with E-state index in [1.54, 1.807) is 0 Å². The van der Waals surface area contributed by atoms with Crippen LogP contribution < -0.4 is 15.5 Å². The van der Waals surface area contributed by atoms with Crippen LogP contribution in [0.3, 0.4) is 0 Å². The quantitative estimate of drug-likeness (QED) is 0.601. The number of amides is 2. The van der Waals surface area contributed by atoms with Crippen molar-refractivity contribution in [3.63, 3.8) is 0 Å². The van der Waals surface area contributed by atoms with Gasteiger partial charge < -0.3 is 20.4 Å². The minimum absolute atomic E-state index is 0.00589. The van der Waals surface area contributed by atoms with E-state index in [-0.39, 0.29) is 24.4 Å². The number of benzene rings is 1. The number of guanidine groups is 1. The molecule has 1 fully saturated rings. The molecule has 1 atom stereocenters. The van der Waals surface area contributed by atoms with E-state index in [1.807, 2.05) is 41.8 Å². The molecule has 3 rings (SSSR count). The van der Waals surface area contributed by atoms with Crippen LogP contribution in [0.1, 0.15) is 32.3 Å². The fraction of sp³-hybridized carbons (Fsp3) is 0.550. The third-order valence-corrected chi connectivity index (χ3v) is 5.09. The zero-order chi connectivity index (χ0) is 19.2. The first kappa shape index (κ1) is 19.2. The highest BCUT2D eigenvalue weighted by Gasteiger charge is 2.26. The molecule has 0 spiro atoms. The van der Waals surface area contributed by atoms with Gasteiger partial charge in [0.25, 0.3) is 0 Å². The number of rotatable bonds is 5. The van der Waals surface area contributed by atoms with E-state index < -0.39 is 0 Å². The van der Waals surface area contributed by atoms with Gasteiger partial charge in [-0.15, -0.1) is 0 Å². The standard InChI is InChI=1S/C20H29N5O2/c1-3-18(26)24-11-10-16(14-24)23-20(21-4-2)22-13-19(27)25-12-9-15-7-5-6-8-17(15)25/h5-8,16H,3-4,9-14H2,1-2H3,(H2,21,22,23). The van der Waals surface area contributed by atoms with Crippen molar-refractivity contribution in [1.29, 1.82) is 0 Å². The van der Waals surface area contributed by atoms with E-state index >= 15 is 0 Å². The first-order valence-corrected chi connectivity index (χ1v) is 9.83. The van der Waals surface area contributed by atoms with Crippen molar-refractivity contribution in [2.45, 2.75) is 39.2 Å². The van der Waals surface area contributed by atoms with Crippen LogP contribution in [0, 0.1) is 0 Å². The minimum atomic E-state index is 0.00589. The fourth-order valence-electron chi connectivity index (χ4n) is 3.67. The molecule has 1 saturated heterocycles. The van der Waals surface area contributed by atoms with E-state index in [0.717, 1.165) is 31.6 Å². The van der Waals surface area contributed by atoms with Crippen molar-refractivity contribution in [3.8, 4) is 0 Å². The molecule has 2 aliphatic heterocycles. The molecule has 1 unspecified atom stereocenters. The van der Waals surface area contributed by atoms with Gasteiger partial charge in [0.15, 0.2) is 5.96 Å². The highest BCUT2D eigenvalue weighted by atomic mass is 16.2. The fourth-order valence-corrected chi connectivity index (χ4v) is 3.67. The Morgan fingerprint density at radius 2 is 2.00 bits per heavy atom. The number of nitrogens with one attached hydrogen (secondary N) is 2. The molecule has 0 saturated carbocycles. The molecule has 1 aromatic rings. The summed E-state index contributed by atoms with van der Waals surface area (Å²) in [7, 11) is 0. The van der Waals surface area contributed by atoms with Crippen LogP contribution in [0.2, 0.25) is 0 Å². The average Bonchev–Trinajstić information content (AvgIpc) is 3.32. The van der Waals surface area contributed by atoms with Gasteiger partial charge in [-0.05, 0) is 31.4 Å². The summed E-state index contributed by atoms with van der Waals surface area (Å²) >= 11 is 0. The summed E-state index contributed by atoms with van der Waals surface area (Å²) < 4.78 is 0. The van der Waals surface area contributed by atoms with Crippen molar-refractivity contribution in [1.82, 2.24) is 15.5 Å². The maximum Gasteiger partial charge on any atom is 0.248 e. The van der Waals surface area contributed by atoms with Crippen LogP contribution in [0.4, 0.5) is 5.69 Å². The second-order valence-corrected chi connectivity index (χ2v) is 6.94. The van der Waals surface area contributed by atoms with Gasteiger partial charge in [-0.2, -0.15) is 0 Å². The van der Waals surface area contributed by atoms with Crippen LogP contribution in [-0.2, 0) is 16.0 Å². The summed E-state index contributed by atoms with van der Waals surface area (Å²) in [5.41, 5.74) is 2.21. The van der Waals surface area contributed by atoms with E-state index in [9.17, 15) is 9.59 Å². The summed E-state index contributed by atoms with van der Waals surface area (Å²) in [6.07, 6.45) is 2.32. The maximum atomic E-state index is 12.6. The summed E-state index contributed by atoms with van der Waals surface area (Å²) in [4.78, 5) is 32.7. The van der Waals surface area contributed by atoms with E-state index in [2.05, 4.69) is 21.7 Å². The van der Waals surface area contributed by atoms with Crippen LogP contribution in [0.5, 0.6) is 0 Å². The molecule has 1 aromatic carbocycles. The molecule has 0 aliphatic carbocycles. The number of carbonyl (C=O) groups is 2. The number of nitrogens with zero attached hydrogens (tertiary/aromatic N) is 3. The van der Waals surface area contributed by atoms with Crippen LogP contribution >= 0.6 is 0 Å². The second kappa shape index (κ2) is 8.88. The predicted octanol–water partition coefficient (Wildman–Crippen LogP) is 1.14. The molecule has 27 heavy (non-hydrogen) atoms. The van der Waals surface area contributed by atoms with Crippen molar-refractivity contribution >= 4 is 23.5 Å². The van der Waals surface area contributed by atoms with Gasteiger partial charge in [-0.3, -0.25) is 9.59 Å². The van der Waals surface area contributed by atoms with Gasteiger partial charge in [0.1, 0.15) is 6.54 Å². The molecule has 7 heteroatoms. The lowest BCUT2D eigenvalue weighted by Crippen LogP contribution is -2.45. The predicted molar refractivity (Wildman–Crippen MR) is 107 cm³/mol. The zero-order valence-corrected chi connectivity index (χ0v) is 16.2. The zero-order valence-electron chi connectivity index (χ0n) is 16.2. The Kier molecular flexibility index (Phi) is 6.32. The monoisotopic (exact) mass is 371 g/mol. The lowest BCUT2D eigenvalue weighted by atomic mass is 10.2. The third kappa shape index (κ3) is 4.59. The van der Waals surface area contributed by atoms with Gasteiger partial charge in [0.2, 0.25) is 11.8 Å². The molecular weight excluding hydrogens is 342 g/mol. The minimum Gasteiger partial charge on any atom is -0.357 e. The van der Waals surface area contributed by atoms with Crippen molar-refractivity contribution in [2.75, 3.05) is 37.6 Å². The Morgan fingerprint density at radius 3 is 2.78 bits per heavy atom. The molecule has 0 aromatic heterocycles. The summed E-state index contributed by atoms with van der Waals surface area (Å²) in [6, 6.07) is 8.20. The first-order valence-electron chi connectivity index (χ1n) is 9.83. The molecule has 7 nitrogen and oxygen atoms in total. The van der Waals surface area contributed by atoms with E-state index in [0.29, 0.717) is 25.5 Å². The first-order chi connectivity index (χ1) is 13.1. The molecule has 2 heterocycles. The Morgan fingerprint density at radius 1 is 1.19 bits per heavy atom. The number of hydrogen-bond donors (Lipinski definition) is 2. The highest BCUT2D eigenvalue weighted by Crippen LogP contribution is 2.27. The van der Waals surface area contributed by atoms with Crippen LogP contribution in [0.15, 0.2) is 29.3 Å². The van der Waals surface area contributed by atoms with Crippen molar-refractivity contribution in [3.05, 3.63) is 29.8 Å². The Hall–Kier alpha value is -2.57. The number of para-hydroxylation sites is 1. The van der Waals surface area contributed by atoms with E-state index in [1.165, 1.54) is 5.56 Å². The number of aliphatic imine (C=N–C) groups is 1. The van der Waals surface area contributed by atoms with Crippen LogP contribution in [0.25, 0.3) is 0 Å². The van der Waals surface area contributed by atoms with Gasteiger partial charge in [0, 0.05) is 44.3 Å². The highest BCUT2D eigenvalue weighted by molar-refractivity contribution is 5.98. The van der Waals surface area contributed by atoms with Gasteiger partial charge in [0.05, 0.1) is 0 Å². The molecule has 2 aliphatic rings. The molecule has 0 bridgehead atoms.